The molecule has 1 aromatic carbocycles. The summed E-state index contributed by atoms with van der Waals surface area (Å²) in [5.41, 5.74) is 1.60. The van der Waals surface area contributed by atoms with Crippen molar-refractivity contribution in [1.29, 1.82) is 0 Å². The predicted octanol–water partition coefficient (Wildman–Crippen LogP) is 1.12. The van der Waals surface area contributed by atoms with E-state index in [9.17, 15) is 9.90 Å². The third-order valence-corrected chi connectivity index (χ3v) is 5.90. The highest BCUT2D eigenvalue weighted by molar-refractivity contribution is 5.79. The normalized spacial score (nSPS) is 26.3. The van der Waals surface area contributed by atoms with Crippen LogP contribution in [0.5, 0.6) is 5.75 Å². The zero-order valence-electron chi connectivity index (χ0n) is 16.1. The molecule has 28 heavy (non-hydrogen) atoms. The molecule has 1 unspecified atom stereocenters. The smallest absolute Gasteiger partial charge is 0.224 e. The molecule has 0 aliphatic carbocycles. The average molecular weight is 385 g/mol. The lowest BCUT2D eigenvalue weighted by atomic mass is 9.75. The van der Waals surface area contributed by atoms with E-state index in [0.29, 0.717) is 25.1 Å². The zero-order chi connectivity index (χ0) is 19.5. The number of carbonyl (C=O) groups is 1. The molecule has 3 aliphatic heterocycles. The van der Waals surface area contributed by atoms with E-state index in [1.54, 1.807) is 25.3 Å². The standard InChI is InChI=1S/C20H27N5O3/c1-28-8-6-21-20(27)18-12-24-7-5-14(18)9-16(24)11-25-13-19(22-23-25)15-3-2-4-17(26)10-15/h2-4,10,13-14,16,18,26H,5-9,11-12H2,1H3,(H,21,27)/t14-,16+,18-/m0/s1. The summed E-state index contributed by atoms with van der Waals surface area (Å²) >= 11 is 0. The molecule has 150 valence electrons. The molecule has 1 aromatic heterocycles. The molecule has 8 nitrogen and oxygen atoms in total. The molecular weight excluding hydrogens is 358 g/mol. The van der Waals surface area contributed by atoms with Gasteiger partial charge in [0.05, 0.1) is 25.3 Å². The Hall–Kier alpha value is -2.45. The second-order valence-electron chi connectivity index (χ2n) is 7.70. The molecule has 2 aromatic rings. The fourth-order valence-electron chi connectivity index (χ4n) is 4.43. The fraction of sp³-hybridized carbons (Fsp3) is 0.550. The number of benzene rings is 1. The van der Waals surface area contributed by atoms with Crippen molar-refractivity contribution in [3.8, 4) is 17.0 Å². The Balaban J connectivity index is 1.37. The minimum absolute atomic E-state index is 0.0699. The van der Waals surface area contributed by atoms with Crippen molar-refractivity contribution in [1.82, 2.24) is 25.2 Å². The van der Waals surface area contributed by atoms with Crippen molar-refractivity contribution in [3.05, 3.63) is 30.5 Å². The van der Waals surface area contributed by atoms with E-state index in [1.807, 2.05) is 16.9 Å². The lowest BCUT2D eigenvalue weighted by Gasteiger charge is -2.49. The van der Waals surface area contributed by atoms with E-state index in [2.05, 4.69) is 20.5 Å². The third-order valence-electron chi connectivity index (χ3n) is 5.90. The van der Waals surface area contributed by atoms with Crippen LogP contribution >= 0.6 is 0 Å². The number of hydrogen-bond acceptors (Lipinski definition) is 6. The van der Waals surface area contributed by atoms with Gasteiger partial charge < -0.3 is 15.2 Å². The van der Waals surface area contributed by atoms with Crippen LogP contribution in [0, 0.1) is 11.8 Å². The van der Waals surface area contributed by atoms with Crippen LogP contribution in [-0.4, -0.2) is 70.3 Å². The summed E-state index contributed by atoms with van der Waals surface area (Å²) in [6, 6.07) is 7.41. The number of phenols is 1. The van der Waals surface area contributed by atoms with Gasteiger partial charge in [-0.2, -0.15) is 0 Å². The van der Waals surface area contributed by atoms with E-state index in [4.69, 9.17) is 4.74 Å². The molecule has 0 saturated carbocycles. The number of fused-ring (bicyclic) bond motifs is 3. The maximum Gasteiger partial charge on any atom is 0.224 e. The number of phenolic OH excluding ortho intramolecular Hbond substituents is 1. The lowest BCUT2D eigenvalue weighted by molar-refractivity contribution is -0.133. The SMILES string of the molecule is COCCNC(=O)[C@H]1CN2CC[C@H]1C[C@@H]2Cn1cc(-c2cccc(O)c2)nn1. The van der Waals surface area contributed by atoms with Crippen LogP contribution in [0.15, 0.2) is 30.5 Å². The molecule has 1 amide bonds. The summed E-state index contributed by atoms with van der Waals surface area (Å²) in [7, 11) is 1.64. The highest BCUT2D eigenvalue weighted by atomic mass is 16.5. The first kappa shape index (κ1) is 18.9. The monoisotopic (exact) mass is 385 g/mol. The second-order valence-corrected chi connectivity index (χ2v) is 7.70. The van der Waals surface area contributed by atoms with E-state index >= 15 is 0 Å². The van der Waals surface area contributed by atoms with Crippen molar-refractivity contribution in [2.45, 2.75) is 25.4 Å². The number of hydrogen-bond donors (Lipinski definition) is 2. The number of ether oxygens (including phenoxy) is 1. The molecule has 4 heterocycles. The largest absolute Gasteiger partial charge is 0.508 e. The van der Waals surface area contributed by atoms with E-state index in [1.165, 1.54) is 0 Å². The maximum absolute atomic E-state index is 12.5. The molecule has 3 aliphatic rings. The van der Waals surface area contributed by atoms with Crippen LogP contribution in [0.3, 0.4) is 0 Å². The predicted molar refractivity (Wildman–Crippen MR) is 104 cm³/mol. The summed E-state index contributed by atoms with van der Waals surface area (Å²) in [6.45, 7) is 3.72. The number of carbonyl (C=O) groups excluding carboxylic acids is 1. The van der Waals surface area contributed by atoms with E-state index in [-0.39, 0.29) is 17.6 Å². The first-order valence-electron chi connectivity index (χ1n) is 9.84. The minimum atomic E-state index is 0.0699. The van der Waals surface area contributed by atoms with Crippen LogP contribution < -0.4 is 5.32 Å². The van der Waals surface area contributed by atoms with Gasteiger partial charge in [-0.3, -0.25) is 14.4 Å². The number of piperidine rings is 3. The highest BCUT2D eigenvalue weighted by Crippen LogP contribution is 2.37. The molecule has 5 rings (SSSR count). The van der Waals surface area contributed by atoms with Gasteiger partial charge in [-0.1, -0.05) is 17.3 Å². The van der Waals surface area contributed by atoms with Gasteiger partial charge in [0.15, 0.2) is 0 Å². The molecule has 2 N–H and O–H groups in total. The van der Waals surface area contributed by atoms with Crippen molar-refractivity contribution >= 4 is 5.91 Å². The number of aromatic nitrogens is 3. The summed E-state index contributed by atoms with van der Waals surface area (Å²) in [5, 5.41) is 21.2. The van der Waals surface area contributed by atoms with Crippen LogP contribution in [0.4, 0.5) is 0 Å². The zero-order valence-corrected chi connectivity index (χ0v) is 16.1. The number of methoxy groups -OCH3 is 1. The van der Waals surface area contributed by atoms with Crippen molar-refractivity contribution in [3.63, 3.8) is 0 Å². The Labute approximate surface area is 164 Å². The Morgan fingerprint density at radius 2 is 2.32 bits per heavy atom. The maximum atomic E-state index is 12.5. The molecule has 3 saturated heterocycles. The summed E-state index contributed by atoms with van der Waals surface area (Å²) in [4.78, 5) is 14.9. The number of aromatic hydroxyl groups is 1. The number of nitrogens with zero attached hydrogens (tertiary/aromatic N) is 4. The van der Waals surface area contributed by atoms with Gasteiger partial charge in [0, 0.05) is 31.8 Å². The van der Waals surface area contributed by atoms with Gasteiger partial charge in [0.1, 0.15) is 11.4 Å². The van der Waals surface area contributed by atoms with Crippen LogP contribution in [0.2, 0.25) is 0 Å². The molecule has 4 atom stereocenters. The summed E-state index contributed by atoms with van der Waals surface area (Å²) in [5.74, 6) is 0.863. The quantitative estimate of drug-likeness (QED) is 0.694. The van der Waals surface area contributed by atoms with Crippen LogP contribution in [0.1, 0.15) is 12.8 Å². The number of rotatable bonds is 7. The molecule has 3 fully saturated rings. The van der Waals surface area contributed by atoms with Gasteiger partial charge in [-0.25, -0.2) is 0 Å². The Bertz CT molecular complexity index is 824. The van der Waals surface area contributed by atoms with E-state index < -0.39 is 0 Å². The third kappa shape index (κ3) is 4.02. The molecule has 0 radical (unpaired) electrons. The Morgan fingerprint density at radius 3 is 3.07 bits per heavy atom. The van der Waals surface area contributed by atoms with Gasteiger partial charge >= 0.3 is 0 Å². The summed E-state index contributed by atoms with van der Waals surface area (Å²) < 4.78 is 6.88. The molecule has 2 bridgehead atoms. The first-order valence-corrected chi connectivity index (χ1v) is 9.84. The number of nitrogens with one attached hydrogen (secondary N) is 1. The summed E-state index contributed by atoms with van der Waals surface area (Å²) in [6.07, 6.45) is 4.00. The van der Waals surface area contributed by atoms with E-state index in [0.717, 1.165) is 43.7 Å². The van der Waals surface area contributed by atoms with Crippen molar-refractivity contribution in [2.75, 3.05) is 33.4 Å². The lowest BCUT2D eigenvalue weighted by Crippen LogP contribution is -2.58. The Morgan fingerprint density at radius 1 is 1.43 bits per heavy atom. The first-order chi connectivity index (χ1) is 13.6. The highest BCUT2D eigenvalue weighted by Gasteiger charge is 2.43. The van der Waals surface area contributed by atoms with Gasteiger partial charge in [-0.05, 0) is 37.4 Å². The van der Waals surface area contributed by atoms with Crippen LogP contribution in [0.25, 0.3) is 11.3 Å². The van der Waals surface area contributed by atoms with Crippen molar-refractivity contribution < 1.29 is 14.6 Å². The average Bonchev–Trinajstić information content (AvgIpc) is 3.17. The van der Waals surface area contributed by atoms with Gasteiger partial charge in [0.25, 0.3) is 0 Å². The molecule has 8 heteroatoms. The van der Waals surface area contributed by atoms with Gasteiger partial charge in [-0.15, -0.1) is 5.10 Å². The topological polar surface area (TPSA) is 92.5 Å². The fourth-order valence-corrected chi connectivity index (χ4v) is 4.43. The second kappa shape index (κ2) is 8.28. The van der Waals surface area contributed by atoms with Crippen LogP contribution in [-0.2, 0) is 16.1 Å². The molecular formula is C20H27N5O3. The Kier molecular flexibility index (Phi) is 5.59. The van der Waals surface area contributed by atoms with Crippen molar-refractivity contribution in [2.24, 2.45) is 11.8 Å². The van der Waals surface area contributed by atoms with Gasteiger partial charge in [0.2, 0.25) is 5.91 Å². The number of amides is 1. The molecule has 0 spiro atoms. The minimum Gasteiger partial charge on any atom is -0.508 e.